The van der Waals surface area contributed by atoms with Crippen molar-refractivity contribution in [3.8, 4) is 0 Å². The molecule has 0 aliphatic heterocycles. The van der Waals surface area contributed by atoms with E-state index in [2.05, 4.69) is 5.32 Å². The van der Waals surface area contributed by atoms with Gasteiger partial charge in [0.25, 0.3) is 0 Å². The van der Waals surface area contributed by atoms with Crippen LogP contribution in [0, 0.1) is 17.5 Å². The van der Waals surface area contributed by atoms with Gasteiger partial charge in [-0.15, -0.1) is 0 Å². The van der Waals surface area contributed by atoms with E-state index in [1.165, 1.54) is 12.1 Å². The number of anilines is 2. The summed E-state index contributed by atoms with van der Waals surface area (Å²) in [5.74, 6) is -1.78. The summed E-state index contributed by atoms with van der Waals surface area (Å²) in [6.45, 7) is 1.85. The SMILES string of the molecule is CC(Cc1ccc(F)cc1)Nc1cc(F)cc(F)c1N. The molecular formula is C15H15F3N2. The van der Waals surface area contributed by atoms with Gasteiger partial charge in [-0.05, 0) is 37.1 Å². The van der Waals surface area contributed by atoms with E-state index in [0.29, 0.717) is 6.42 Å². The Kier molecular flexibility index (Phi) is 4.17. The van der Waals surface area contributed by atoms with E-state index in [4.69, 9.17) is 5.73 Å². The van der Waals surface area contributed by atoms with Crippen LogP contribution in [0.4, 0.5) is 24.5 Å². The smallest absolute Gasteiger partial charge is 0.151 e. The van der Waals surface area contributed by atoms with Crippen molar-refractivity contribution in [2.45, 2.75) is 19.4 Å². The first kappa shape index (κ1) is 14.2. The molecule has 5 heteroatoms. The first-order valence-electron chi connectivity index (χ1n) is 6.21. The van der Waals surface area contributed by atoms with Gasteiger partial charge in [0.2, 0.25) is 0 Å². The lowest BCUT2D eigenvalue weighted by atomic mass is 10.1. The van der Waals surface area contributed by atoms with Crippen LogP contribution in [0.2, 0.25) is 0 Å². The lowest BCUT2D eigenvalue weighted by Crippen LogP contribution is -2.19. The predicted molar refractivity (Wildman–Crippen MR) is 74.0 cm³/mol. The first-order chi connectivity index (χ1) is 9.45. The summed E-state index contributed by atoms with van der Waals surface area (Å²) in [5.41, 5.74) is 6.58. The summed E-state index contributed by atoms with van der Waals surface area (Å²) in [4.78, 5) is 0. The number of benzene rings is 2. The lowest BCUT2D eigenvalue weighted by molar-refractivity contribution is 0.586. The predicted octanol–water partition coefficient (Wildman–Crippen LogP) is 3.73. The second-order valence-corrected chi connectivity index (χ2v) is 4.72. The van der Waals surface area contributed by atoms with Gasteiger partial charge >= 0.3 is 0 Å². The van der Waals surface area contributed by atoms with Crippen LogP contribution in [-0.4, -0.2) is 6.04 Å². The largest absolute Gasteiger partial charge is 0.395 e. The van der Waals surface area contributed by atoms with Crippen LogP contribution in [0.5, 0.6) is 0 Å². The van der Waals surface area contributed by atoms with Gasteiger partial charge in [0.15, 0.2) is 5.82 Å². The van der Waals surface area contributed by atoms with Crippen LogP contribution in [0.25, 0.3) is 0 Å². The Morgan fingerprint density at radius 2 is 1.70 bits per heavy atom. The number of rotatable bonds is 4. The molecule has 106 valence electrons. The van der Waals surface area contributed by atoms with Crippen LogP contribution in [-0.2, 0) is 6.42 Å². The quantitative estimate of drug-likeness (QED) is 0.837. The van der Waals surface area contributed by atoms with Crippen molar-refractivity contribution >= 4 is 11.4 Å². The van der Waals surface area contributed by atoms with Gasteiger partial charge in [-0.25, -0.2) is 13.2 Å². The van der Waals surface area contributed by atoms with Gasteiger partial charge in [-0.3, -0.25) is 0 Å². The maximum Gasteiger partial charge on any atom is 0.151 e. The Morgan fingerprint density at radius 3 is 2.35 bits per heavy atom. The van der Waals surface area contributed by atoms with E-state index in [1.807, 2.05) is 6.92 Å². The van der Waals surface area contributed by atoms with E-state index in [0.717, 1.165) is 17.7 Å². The third kappa shape index (κ3) is 3.44. The number of halogens is 3. The van der Waals surface area contributed by atoms with Crippen LogP contribution in [0.15, 0.2) is 36.4 Å². The maximum absolute atomic E-state index is 13.3. The van der Waals surface area contributed by atoms with Crippen molar-refractivity contribution < 1.29 is 13.2 Å². The minimum absolute atomic E-state index is 0.107. The van der Waals surface area contributed by atoms with Crippen molar-refractivity contribution in [3.63, 3.8) is 0 Å². The fourth-order valence-electron chi connectivity index (χ4n) is 1.99. The fraction of sp³-hybridized carbons (Fsp3) is 0.200. The lowest BCUT2D eigenvalue weighted by Gasteiger charge is -2.17. The molecule has 1 atom stereocenters. The van der Waals surface area contributed by atoms with E-state index in [1.54, 1.807) is 12.1 Å². The summed E-state index contributed by atoms with van der Waals surface area (Å²) < 4.78 is 39.3. The van der Waals surface area contributed by atoms with Crippen LogP contribution in [0.3, 0.4) is 0 Å². The summed E-state index contributed by atoms with van der Waals surface area (Å²) in [6.07, 6.45) is 0.581. The third-order valence-electron chi connectivity index (χ3n) is 2.95. The molecule has 2 aromatic carbocycles. The van der Waals surface area contributed by atoms with Crippen molar-refractivity contribution in [2.75, 3.05) is 11.1 Å². The zero-order valence-electron chi connectivity index (χ0n) is 11.0. The van der Waals surface area contributed by atoms with Crippen LogP contribution >= 0.6 is 0 Å². The molecule has 0 aliphatic rings. The van der Waals surface area contributed by atoms with Gasteiger partial charge in [-0.1, -0.05) is 12.1 Å². The summed E-state index contributed by atoms with van der Waals surface area (Å²) in [5, 5.41) is 2.96. The summed E-state index contributed by atoms with van der Waals surface area (Å²) in [6, 6.07) is 7.87. The highest BCUT2D eigenvalue weighted by Crippen LogP contribution is 2.24. The summed E-state index contributed by atoms with van der Waals surface area (Å²) in [7, 11) is 0. The fourth-order valence-corrected chi connectivity index (χ4v) is 1.99. The average molecular weight is 280 g/mol. The molecule has 2 rings (SSSR count). The zero-order chi connectivity index (χ0) is 14.7. The number of hydrogen-bond acceptors (Lipinski definition) is 2. The molecule has 0 fully saturated rings. The molecule has 0 saturated carbocycles. The average Bonchev–Trinajstić information content (AvgIpc) is 2.38. The molecule has 0 aliphatic carbocycles. The van der Waals surface area contributed by atoms with Crippen molar-refractivity contribution in [1.29, 1.82) is 0 Å². The maximum atomic E-state index is 13.3. The molecule has 0 heterocycles. The Morgan fingerprint density at radius 1 is 1.05 bits per heavy atom. The Labute approximate surface area is 115 Å². The molecule has 0 radical (unpaired) electrons. The molecule has 20 heavy (non-hydrogen) atoms. The van der Waals surface area contributed by atoms with Crippen molar-refractivity contribution in [3.05, 3.63) is 59.4 Å². The highest BCUT2D eigenvalue weighted by Gasteiger charge is 2.11. The second-order valence-electron chi connectivity index (χ2n) is 4.72. The van der Waals surface area contributed by atoms with Crippen molar-refractivity contribution in [1.82, 2.24) is 0 Å². The Bertz CT molecular complexity index is 597. The highest BCUT2D eigenvalue weighted by molar-refractivity contribution is 5.67. The molecule has 0 amide bonds. The summed E-state index contributed by atoms with van der Waals surface area (Å²) >= 11 is 0. The first-order valence-corrected chi connectivity index (χ1v) is 6.21. The normalized spacial score (nSPS) is 12.2. The standard InChI is InChI=1S/C15H15F3N2/c1-9(6-10-2-4-11(16)5-3-10)20-14-8-12(17)7-13(18)15(14)19/h2-5,7-9,20H,6,19H2,1H3. The molecule has 0 spiro atoms. The minimum atomic E-state index is -0.790. The molecule has 0 aromatic heterocycles. The minimum Gasteiger partial charge on any atom is -0.395 e. The number of nitrogen functional groups attached to an aromatic ring is 1. The monoisotopic (exact) mass is 280 g/mol. The zero-order valence-corrected chi connectivity index (χ0v) is 11.0. The van der Waals surface area contributed by atoms with Crippen LogP contribution in [0.1, 0.15) is 12.5 Å². The van der Waals surface area contributed by atoms with Crippen LogP contribution < -0.4 is 11.1 Å². The molecule has 3 N–H and O–H groups in total. The van der Waals surface area contributed by atoms with E-state index in [-0.39, 0.29) is 23.2 Å². The molecule has 2 aromatic rings. The topological polar surface area (TPSA) is 38.0 Å². The van der Waals surface area contributed by atoms with E-state index in [9.17, 15) is 13.2 Å². The van der Waals surface area contributed by atoms with Gasteiger partial charge in [0, 0.05) is 12.1 Å². The van der Waals surface area contributed by atoms with E-state index >= 15 is 0 Å². The van der Waals surface area contributed by atoms with Gasteiger partial charge in [0.05, 0.1) is 11.4 Å². The second kappa shape index (κ2) is 5.86. The molecule has 0 bridgehead atoms. The Hall–Kier alpha value is -2.17. The molecule has 2 nitrogen and oxygen atoms in total. The van der Waals surface area contributed by atoms with Gasteiger partial charge < -0.3 is 11.1 Å². The third-order valence-corrected chi connectivity index (χ3v) is 2.95. The van der Waals surface area contributed by atoms with Gasteiger partial charge in [-0.2, -0.15) is 0 Å². The highest BCUT2D eigenvalue weighted by atomic mass is 19.1. The number of nitrogens with two attached hydrogens (primary N) is 1. The molecule has 1 unspecified atom stereocenters. The van der Waals surface area contributed by atoms with E-state index < -0.39 is 11.6 Å². The molecule has 0 saturated heterocycles. The van der Waals surface area contributed by atoms with Crippen molar-refractivity contribution in [2.24, 2.45) is 0 Å². The van der Waals surface area contributed by atoms with Gasteiger partial charge in [0.1, 0.15) is 11.6 Å². The Balaban J connectivity index is 2.08. The molecular weight excluding hydrogens is 265 g/mol. The number of hydrogen-bond donors (Lipinski definition) is 2. The number of nitrogens with one attached hydrogen (secondary N) is 1.